The predicted molar refractivity (Wildman–Crippen MR) is 76.5 cm³/mol. The number of halogens is 1. The highest BCUT2D eigenvalue weighted by Gasteiger charge is 2.06. The lowest BCUT2D eigenvalue weighted by Gasteiger charge is -2.06. The van der Waals surface area contributed by atoms with Gasteiger partial charge in [0.1, 0.15) is 18.2 Å². The van der Waals surface area contributed by atoms with Gasteiger partial charge in [0.25, 0.3) is 5.91 Å². The Morgan fingerprint density at radius 2 is 2.24 bits per heavy atom. The maximum absolute atomic E-state index is 13.1. The van der Waals surface area contributed by atoms with Gasteiger partial charge >= 0.3 is 0 Å². The summed E-state index contributed by atoms with van der Waals surface area (Å²) in [6.45, 7) is 3.10. The summed E-state index contributed by atoms with van der Waals surface area (Å²) < 4.78 is 23.7. The molecule has 1 N–H and O–H groups in total. The average molecular weight is 291 g/mol. The topological polar surface area (TPSA) is 51.5 Å². The molecule has 1 aromatic carbocycles. The van der Waals surface area contributed by atoms with E-state index in [2.05, 4.69) is 5.32 Å². The van der Waals surface area contributed by atoms with E-state index in [0.717, 1.165) is 5.76 Å². The second kappa shape index (κ2) is 7.59. The second-order valence-corrected chi connectivity index (χ2v) is 4.71. The van der Waals surface area contributed by atoms with Crippen molar-refractivity contribution in [2.75, 3.05) is 13.2 Å². The number of amides is 1. The number of rotatable bonds is 7. The zero-order valence-corrected chi connectivity index (χ0v) is 11.9. The van der Waals surface area contributed by atoms with Crippen LogP contribution in [0.2, 0.25) is 0 Å². The Kier molecular flexibility index (Phi) is 5.51. The lowest BCUT2D eigenvalue weighted by Crippen LogP contribution is -2.25. The maximum Gasteiger partial charge on any atom is 0.251 e. The van der Waals surface area contributed by atoms with Gasteiger partial charge in [0, 0.05) is 18.7 Å². The Bertz CT molecular complexity index is 581. The first-order valence-electron chi connectivity index (χ1n) is 6.81. The molecule has 2 rings (SSSR count). The fourth-order valence-corrected chi connectivity index (χ4v) is 1.83. The van der Waals surface area contributed by atoms with E-state index >= 15 is 0 Å². The van der Waals surface area contributed by atoms with E-state index < -0.39 is 0 Å². The lowest BCUT2D eigenvalue weighted by atomic mass is 10.1. The SMILES string of the molecule is Cc1cc(C(=O)NCCCOCc2ccco2)ccc1F. The third kappa shape index (κ3) is 4.72. The number of hydrogen-bond donors (Lipinski definition) is 1. The number of carbonyl (C=O) groups excluding carboxylic acids is 1. The molecule has 0 radical (unpaired) electrons. The smallest absolute Gasteiger partial charge is 0.251 e. The molecule has 21 heavy (non-hydrogen) atoms. The van der Waals surface area contributed by atoms with E-state index in [1.54, 1.807) is 13.2 Å². The number of nitrogens with one attached hydrogen (secondary N) is 1. The zero-order chi connectivity index (χ0) is 15.1. The number of aryl methyl sites for hydroxylation is 1. The van der Waals surface area contributed by atoms with Crippen molar-refractivity contribution in [2.45, 2.75) is 20.0 Å². The molecule has 1 amide bonds. The van der Waals surface area contributed by atoms with Crippen LogP contribution in [0, 0.1) is 12.7 Å². The van der Waals surface area contributed by atoms with Crippen molar-refractivity contribution in [3.05, 3.63) is 59.3 Å². The van der Waals surface area contributed by atoms with Gasteiger partial charge in [-0.2, -0.15) is 0 Å². The molecule has 0 saturated heterocycles. The van der Waals surface area contributed by atoms with Gasteiger partial charge < -0.3 is 14.5 Å². The van der Waals surface area contributed by atoms with Crippen molar-refractivity contribution in [3.8, 4) is 0 Å². The minimum Gasteiger partial charge on any atom is -0.467 e. The van der Waals surface area contributed by atoms with Crippen LogP contribution in [-0.4, -0.2) is 19.1 Å². The highest BCUT2D eigenvalue weighted by molar-refractivity contribution is 5.94. The number of carbonyl (C=O) groups is 1. The molecule has 2 aromatic rings. The van der Waals surface area contributed by atoms with Gasteiger partial charge in [0.15, 0.2) is 0 Å². The largest absolute Gasteiger partial charge is 0.467 e. The third-order valence-electron chi connectivity index (χ3n) is 3.00. The highest BCUT2D eigenvalue weighted by Crippen LogP contribution is 2.09. The van der Waals surface area contributed by atoms with Gasteiger partial charge in [-0.3, -0.25) is 4.79 Å². The quantitative estimate of drug-likeness (QED) is 0.798. The van der Waals surface area contributed by atoms with Crippen LogP contribution < -0.4 is 5.32 Å². The first-order chi connectivity index (χ1) is 10.2. The maximum atomic E-state index is 13.1. The molecule has 1 aromatic heterocycles. The average Bonchev–Trinajstić information content (AvgIpc) is 2.98. The van der Waals surface area contributed by atoms with Crippen molar-refractivity contribution in [3.63, 3.8) is 0 Å². The van der Waals surface area contributed by atoms with Crippen molar-refractivity contribution in [1.82, 2.24) is 5.32 Å². The second-order valence-electron chi connectivity index (χ2n) is 4.71. The van der Waals surface area contributed by atoms with Crippen molar-refractivity contribution < 1.29 is 18.3 Å². The standard InChI is InChI=1S/C16H18FNO3/c1-12-10-13(5-6-15(12)17)16(19)18-7-3-8-20-11-14-4-2-9-21-14/h2,4-6,9-10H,3,7-8,11H2,1H3,(H,18,19). The van der Waals surface area contributed by atoms with Gasteiger partial charge in [-0.1, -0.05) is 0 Å². The molecule has 0 fully saturated rings. The first-order valence-corrected chi connectivity index (χ1v) is 6.81. The first kappa shape index (κ1) is 15.3. The summed E-state index contributed by atoms with van der Waals surface area (Å²) in [6, 6.07) is 7.97. The number of benzene rings is 1. The molecule has 0 aliphatic carbocycles. The number of furan rings is 1. The molecular formula is C16H18FNO3. The molecule has 112 valence electrons. The van der Waals surface area contributed by atoms with Crippen LogP contribution in [0.5, 0.6) is 0 Å². The summed E-state index contributed by atoms with van der Waals surface area (Å²) in [5.74, 6) is 0.267. The van der Waals surface area contributed by atoms with Gasteiger partial charge in [-0.15, -0.1) is 0 Å². The molecule has 1 heterocycles. The van der Waals surface area contributed by atoms with Gasteiger partial charge in [0.2, 0.25) is 0 Å². The molecule has 0 bridgehead atoms. The van der Waals surface area contributed by atoms with E-state index in [1.165, 1.54) is 18.2 Å². The summed E-state index contributed by atoms with van der Waals surface area (Å²) in [5.41, 5.74) is 0.926. The lowest BCUT2D eigenvalue weighted by molar-refractivity contribution is 0.0917. The molecule has 0 atom stereocenters. The molecule has 0 spiro atoms. The highest BCUT2D eigenvalue weighted by atomic mass is 19.1. The molecule has 4 nitrogen and oxygen atoms in total. The van der Waals surface area contributed by atoms with Crippen molar-refractivity contribution in [2.24, 2.45) is 0 Å². The fraction of sp³-hybridized carbons (Fsp3) is 0.312. The van der Waals surface area contributed by atoms with Crippen molar-refractivity contribution >= 4 is 5.91 Å². The zero-order valence-electron chi connectivity index (χ0n) is 11.9. The minimum absolute atomic E-state index is 0.205. The molecular weight excluding hydrogens is 273 g/mol. The summed E-state index contributed by atoms with van der Waals surface area (Å²) in [7, 11) is 0. The van der Waals surface area contributed by atoms with E-state index in [0.29, 0.717) is 37.3 Å². The number of hydrogen-bond acceptors (Lipinski definition) is 3. The summed E-state index contributed by atoms with van der Waals surface area (Å²) in [6.07, 6.45) is 2.30. The van der Waals surface area contributed by atoms with Crippen LogP contribution in [0.4, 0.5) is 4.39 Å². The Balaban J connectivity index is 1.63. The Morgan fingerprint density at radius 1 is 1.38 bits per heavy atom. The van der Waals surface area contributed by atoms with Crippen molar-refractivity contribution in [1.29, 1.82) is 0 Å². The van der Waals surface area contributed by atoms with E-state index in [-0.39, 0.29) is 11.7 Å². The molecule has 0 aliphatic heterocycles. The summed E-state index contributed by atoms with van der Waals surface area (Å²) in [5, 5.41) is 2.77. The van der Waals surface area contributed by atoms with Crippen LogP contribution in [0.15, 0.2) is 41.0 Å². The molecule has 0 unspecified atom stereocenters. The van der Waals surface area contributed by atoms with E-state index in [4.69, 9.17) is 9.15 Å². The fourth-order valence-electron chi connectivity index (χ4n) is 1.83. The normalized spacial score (nSPS) is 10.6. The van der Waals surface area contributed by atoms with Gasteiger partial charge in [-0.25, -0.2) is 4.39 Å². The van der Waals surface area contributed by atoms with Crippen LogP contribution >= 0.6 is 0 Å². The van der Waals surface area contributed by atoms with Gasteiger partial charge in [0.05, 0.1) is 6.26 Å². The van der Waals surface area contributed by atoms with Crippen LogP contribution in [-0.2, 0) is 11.3 Å². The van der Waals surface area contributed by atoms with E-state index in [1.807, 2.05) is 12.1 Å². The van der Waals surface area contributed by atoms with Crippen LogP contribution in [0.25, 0.3) is 0 Å². The number of ether oxygens (including phenoxy) is 1. The summed E-state index contributed by atoms with van der Waals surface area (Å²) >= 11 is 0. The molecule has 0 saturated carbocycles. The monoisotopic (exact) mass is 291 g/mol. The Morgan fingerprint density at radius 3 is 2.95 bits per heavy atom. The van der Waals surface area contributed by atoms with Gasteiger partial charge in [-0.05, 0) is 49.2 Å². The Labute approximate surface area is 122 Å². The van der Waals surface area contributed by atoms with E-state index in [9.17, 15) is 9.18 Å². The summed E-state index contributed by atoms with van der Waals surface area (Å²) in [4.78, 5) is 11.8. The molecule has 5 heteroatoms. The molecule has 0 aliphatic rings. The Hall–Kier alpha value is -2.14. The predicted octanol–water partition coefficient (Wildman–Crippen LogP) is 3.06. The minimum atomic E-state index is -0.308. The van der Waals surface area contributed by atoms with Crippen LogP contribution in [0.1, 0.15) is 28.1 Å². The third-order valence-corrected chi connectivity index (χ3v) is 3.00. The van der Waals surface area contributed by atoms with Crippen LogP contribution in [0.3, 0.4) is 0 Å².